The lowest BCUT2D eigenvalue weighted by Crippen LogP contribution is -2.60. The van der Waals surface area contributed by atoms with E-state index in [9.17, 15) is 14.0 Å². The smallest absolute Gasteiger partial charge is 0.340 e. The number of nitrogens with zero attached hydrogens (tertiary/aromatic N) is 1. The van der Waals surface area contributed by atoms with Gasteiger partial charge in [-0.2, -0.15) is 0 Å². The molecule has 31 heavy (non-hydrogen) atoms. The first kappa shape index (κ1) is 20.3. The number of rotatable bonds is 5. The molecule has 164 valence electrons. The van der Waals surface area contributed by atoms with Crippen LogP contribution in [0.15, 0.2) is 30.3 Å². The van der Waals surface area contributed by atoms with Gasteiger partial charge in [-0.15, -0.1) is 0 Å². The first-order valence-electron chi connectivity index (χ1n) is 11.2. The normalized spacial score (nSPS) is 28.5. The number of hydrogen-bond donors (Lipinski definition) is 1. The molecule has 1 N–H and O–H groups in total. The van der Waals surface area contributed by atoms with Crippen LogP contribution in [0.25, 0.3) is 5.69 Å². The van der Waals surface area contributed by atoms with Crippen molar-refractivity contribution < 1.29 is 18.7 Å². The Balaban J connectivity index is 1.23. The fraction of sp³-hybridized carbons (Fsp3) is 0.520. The number of carbonyl (C=O) groups is 2. The molecule has 5 nitrogen and oxygen atoms in total. The van der Waals surface area contributed by atoms with Gasteiger partial charge in [0.25, 0.3) is 5.91 Å². The summed E-state index contributed by atoms with van der Waals surface area (Å²) < 4.78 is 20.5. The molecular weight excluding hydrogens is 395 g/mol. The first-order valence-corrected chi connectivity index (χ1v) is 11.2. The van der Waals surface area contributed by atoms with Crippen LogP contribution in [0.2, 0.25) is 0 Å². The van der Waals surface area contributed by atoms with E-state index < -0.39 is 5.97 Å². The lowest BCUT2D eigenvalue weighted by Gasteiger charge is -2.56. The lowest BCUT2D eigenvalue weighted by atomic mass is 9.53. The third-order valence-corrected chi connectivity index (χ3v) is 7.51. The van der Waals surface area contributed by atoms with Gasteiger partial charge in [0.15, 0.2) is 6.61 Å². The Morgan fingerprint density at radius 2 is 1.65 bits per heavy atom. The second-order valence-corrected chi connectivity index (χ2v) is 9.92. The van der Waals surface area contributed by atoms with Crippen molar-refractivity contribution in [1.82, 2.24) is 9.88 Å². The average molecular weight is 425 g/mol. The number of amides is 1. The lowest BCUT2D eigenvalue weighted by molar-refractivity contribution is -0.130. The minimum absolute atomic E-state index is 0.0866. The SMILES string of the molecule is Cc1cc(C(=O)OCC(=O)NC23CC4CC(CC(C4)C2)C3)c(C)n1-c1ccc(F)cc1. The summed E-state index contributed by atoms with van der Waals surface area (Å²) in [5.41, 5.74) is 2.65. The number of esters is 1. The summed E-state index contributed by atoms with van der Waals surface area (Å²) >= 11 is 0. The van der Waals surface area contributed by atoms with Gasteiger partial charge in [-0.05, 0) is 100 Å². The number of nitrogens with one attached hydrogen (secondary N) is 1. The minimum Gasteiger partial charge on any atom is -0.452 e. The largest absolute Gasteiger partial charge is 0.452 e. The van der Waals surface area contributed by atoms with Crippen molar-refractivity contribution in [1.29, 1.82) is 0 Å². The van der Waals surface area contributed by atoms with Crippen molar-refractivity contribution in [2.75, 3.05) is 6.61 Å². The van der Waals surface area contributed by atoms with Crippen LogP contribution in [0.5, 0.6) is 0 Å². The summed E-state index contributed by atoms with van der Waals surface area (Å²) in [7, 11) is 0. The molecule has 2 aromatic rings. The minimum atomic E-state index is -0.512. The van der Waals surface area contributed by atoms with Gasteiger partial charge < -0.3 is 14.6 Å². The van der Waals surface area contributed by atoms with Gasteiger partial charge >= 0.3 is 5.97 Å². The number of benzene rings is 1. The fourth-order valence-electron chi connectivity index (χ4n) is 6.76. The monoisotopic (exact) mass is 424 g/mol. The van der Waals surface area contributed by atoms with Gasteiger partial charge in [0.2, 0.25) is 0 Å². The third-order valence-electron chi connectivity index (χ3n) is 7.51. The van der Waals surface area contributed by atoms with Crippen molar-refractivity contribution in [3.8, 4) is 5.69 Å². The van der Waals surface area contributed by atoms with Crippen LogP contribution >= 0.6 is 0 Å². The summed E-state index contributed by atoms with van der Waals surface area (Å²) in [5, 5.41) is 3.24. The zero-order valence-electron chi connectivity index (χ0n) is 18.1. The average Bonchev–Trinajstić information content (AvgIpc) is 3.00. The Hall–Kier alpha value is -2.63. The van der Waals surface area contributed by atoms with Crippen LogP contribution in [0.3, 0.4) is 0 Å². The quantitative estimate of drug-likeness (QED) is 0.720. The Morgan fingerprint density at radius 3 is 2.23 bits per heavy atom. The Labute approximate surface area is 182 Å². The Morgan fingerprint density at radius 1 is 1.06 bits per heavy atom. The molecule has 1 aromatic carbocycles. The molecule has 0 saturated heterocycles. The highest BCUT2D eigenvalue weighted by molar-refractivity contribution is 5.93. The zero-order valence-corrected chi connectivity index (χ0v) is 18.1. The van der Waals surface area contributed by atoms with E-state index in [-0.39, 0.29) is 23.9 Å². The molecule has 4 fully saturated rings. The second-order valence-electron chi connectivity index (χ2n) is 9.92. The molecule has 4 aliphatic carbocycles. The molecule has 4 bridgehead atoms. The summed E-state index contributed by atoms with van der Waals surface area (Å²) in [5.74, 6) is 1.20. The predicted octanol–water partition coefficient (Wildman–Crippen LogP) is 4.48. The highest BCUT2D eigenvalue weighted by Gasteiger charge is 2.51. The van der Waals surface area contributed by atoms with Gasteiger partial charge in [-0.3, -0.25) is 4.79 Å². The van der Waals surface area contributed by atoms with Crippen molar-refractivity contribution in [2.24, 2.45) is 17.8 Å². The van der Waals surface area contributed by atoms with E-state index in [0.717, 1.165) is 48.4 Å². The molecule has 6 rings (SSSR count). The van der Waals surface area contributed by atoms with E-state index in [1.165, 1.54) is 31.4 Å². The zero-order chi connectivity index (χ0) is 21.8. The number of carbonyl (C=O) groups excluding carboxylic acids is 2. The molecule has 0 radical (unpaired) electrons. The Bertz CT molecular complexity index is 989. The van der Waals surface area contributed by atoms with Gasteiger partial charge in [0, 0.05) is 22.6 Å². The summed E-state index contributed by atoms with van der Waals surface area (Å²) in [6.45, 7) is 3.44. The molecular formula is C25H29FN2O3. The number of aryl methyl sites for hydroxylation is 1. The van der Waals surface area contributed by atoms with Crippen LogP contribution in [0, 0.1) is 37.4 Å². The number of aromatic nitrogens is 1. The maximum Gasteiger partial charge on any atom is 0.340 e. The van der Waals surface area contributed by atoms with E-state index in [1.54, 1.807) is 18.2 Å². The maximum atomic E-state index is 13.3. The first-order chi connectivity index (χ1) is 14.8. The van der Waals surface area contributed by atoms with Crippen LogP contribution < -0.4 is 5.32 Å². The van der Waals surface area contributed by atoms with Gasteiger partial charge in [-0.25, -0.2) is 9.18 Å². The second kappa shape index (κ2) is 7.50. The van der Waals surface area contributed by atoms with E-state index in [2.05, 4.69) is 5.32 Å². The molecule has 4 aliphatic rings. The van der Waals surface area contributed by atoms with Crippen molar-refractivity contribution in [3.63, 3.8) is 0 Å². The molecule has 1 heterocycles. The number of halogens is 1. The third kappa shape index (κ3) is 3.77. The molecule has 1 aromatic heterocycles. The highest BCUT2D eigenvalue weighted by Crippen LogP contribution is 2.55. The van der Waals surface area contributed by atoms with Gasteiger partial charge in [-0.1, -0.05) is 0 Å². The molecule has 6 heteroatoms. The summed E-state index contributed by atoms with van der Waals surface area (Å²) in [4.78, 5) is 25.4. The van der Waals surface area contributed by atoms with Crippen LogP contribution in [0.1, 0.15) is 60.3 Å². The van der Waals surface area contributed by atoms with Crippen molar-refractivity contribution in [2.45, 2.75) is 57.9 Å². The fourth-order valence-corrected chi connectivity index (χ4v) is 6.76. The van der Waals surface area contributed by atoms with E-state index in [1.807, 2.05) is 18.4 Å². The van der Waals surface area contributed by atoms with Gasteiger partial charge in [0.05, 0.1) is 5.56 Å². The van der Waals surface area contributed by atoms with E-state index in [0.29, 0.717) is 11.3 Å². The summed E-state index contributed by atoms with van der Waals surface area (Å²) in [6.07, 6.45) is 7.14. The molecule has 0 aliphatic heterocycles. The number of hydrogen-bond acceptors (Lipinski definition) is 3. The molecule has 4 saturated carbocycles. The maximum absolute atomic E-state index is 13.3. The van der Waals surface area contributed by atoms with Crippen LogP contribution in [-0.2, 0) is 9.53 Å². The summed E-state index contributed by atoms with van der Waals surface area (Å²) in [6, 6.07) is 7.87. The number of ether oxygens (including phenoxy) is 1. The standard InChI is InChI=1S/C25H29FN2O3/c1-15-7-22(16(2)28(15)21-5-3-20(26)4-6-21)24(30)31-14-23(29)27-25-11-17-8-18(12-25)10-19(9-17)13-25/h3-7,17-19H,8-14H2,1-2H3,(H,27,29). The van der Waals surface area contributed by atoms with Crippen LogP contribution in [-0.4, -0.2) is 28.6 Å². The van der Waals surface area contributed by atoms with Crippen molar-refractivity contribution >= 4 is 11.9 Å². The Kier molecular flexibility index (Phi) is 4.91. The van der Waals surface area contributed by atoms with E-state index in [4.69, 9.17) is 4.74 Å². The molecule has 1 amide bonds. The van der Waals surface area contributed by atoms with Crippen LogP contribution in [0.4, 0.5) is 4.39 Å². The highest BCUT2D eigenvalue weighted by atomic mass is 19.1. The predicted molar refractivity (Wildman–Crippen MR) is 115 cm³/mol. The van der Waals surface area contributed by atoms with Crippen molar-refractivity contribution in [3.05, 3.63) is 53.1 Å². The molecule has 0 atom stereocenters. The molecule has 0 unspecified atom stereocenters. The topological polar surface area (TPSA) is 60.3 Å². The van der Waals surface area contributed by atoms with E-state index >= 15 is 0 Å². The molecule has 0 spiro atoms. The van der Waals surface area contributed by atoms with Gasteiger partial charge in [0.1, 0.15) is 5.82 Å².